The molecule has 3 aromatic rings. The average Bonchev–Trinajstić information content (AvgIpc) is 2.68. The first-order chi connectivity index (χ1) is 13.5. The first kappa shape index (κ1) is 19.8. The highest BCUT2D eigenvalue weighted by molar-refractivity contribution is 5.99. The molecule has 0 aliphatic carbocycles. The van der Waals surface area contributed by atoms with Gasteiger partial charge in [-0.1, -0.05) is 29.8 Å². The molecule has 0 saturated heterocycles. The molecule has 0 atom stereocenters. The molecule has 0 aliphatic heterocycles. The predicted molar refractivity (Wildman–Crippen MR) is 114 cm³/mol. The lowest BCUT2D eigenvalue weighted by Crippen LogP contribution is -2.31. The lowest BCUT2D eigenvalue weighted by molar-refractivity contribution is 0.0951. The third kappa shape index (κ3) is 4.67. The van der Waals surface area contributed by atoms with Crippen molar-refractivity contribution in [1.29, 1.82) is 0 Å². The monoisotopic (exact) mass is 377 g/mol. The van der Waals surface area contributed by atoms with Gasteiger partial charge in [-0.15, -0.1) is 0 Å². The minimum Gasteiger partial charge on any atom is -0.493 e. The van der Waals surface area contributed by atoms with Crippen molar-refractivity contribution in [3.8, 4) is 17.0 Å². The van der Waals surface area contributed by atoms with Crippen molar-refractivity contribution in [3.05, 3.63) is 59.7 Å². The van der Waals surface area contributed by atoms with Crippen LogP contribution >= 0.6 is 0 Å². The second-order valence-corrected chi connectivity index (χ2v) is 7.10. The van der Waals surface area contributed by atoms with Gasteiger partial charge in [0.05, 0.1) is 17.8 Å². The van der Waals surface area contributed by atoms with Gasteiger partial charge in [-0.05, 0) is 46.1 Å². The molecule has 0 spiro atoms. The minimum absolute atomic E-state index is 0.0891. The van der Waals surface area contributed by atoms with Crippen molar-refractivity contribution < 1.29 is 9.53 Å². The summed E-state index contributed by atoms with van der Waals surface area (Å²) in [5, 5.41) is 3.79. The van der Waals surface area contributed by atoms with Crippen LogP contribution in [0.25, 0.3) is 22.2 Å². The maximum Gasteiger partial charge on any atom is 0.251 e. The Balaban J connectivity index is 1.96. The number of aryl methyl sites for hydroxylation is 1. The van der Waals surface area contributed by atoms with Gasteiger partial charge in [0.2, 0.25) is 0 Å². The molecule has 0 radical (unpaired) electrons. The van der Waals surface area contributed by atoms with Crippen LogP contribution in [0.3, 0.4) is 0 Å². The summed E-state index contributed by atoms with van der Waals surface area (Å²) in [5.41, 5.74) is 4.53. The van der Waals surface area contributed by atoms with Crippen molar-refractivity contribution in [2.45, 2.75) is 13.8 Å². The van der Waals surface area contributed by atoms with E-state index in [1.807, 2.05) is 50.2 Å². The number of amides is 1. The van der Waals surface area contributed by atoms with E-state index in [-0.39, 0.29) is 5.91 Å². The summed E-state index contributed by atoms with van der Waals surface area (Å²) in [5.74, 6) is 0.653. The fourth-order valence-electron chi connectivity index (χ4n) is 2.98. The van der Waals surface area contributed by atoms with Gasteiger partial charge in [-0.25, -0.2) is 4.98 Å². The van der Waals surface area contributed by atoms with Gasteiger partial charge in [-0.3, -0.25) is 4.79 Å². The molecule has 3 rings (SSSR count). The van der Waals surface area contributed by atoms with Gasteiger partial charge in [0.25, 0.3) is 5.91 Å². The lowest BCUT2D eigenvalue weighted by atomic mass is 10.1. The molecule has 2 aromatic carbocycles. The average molecular weight is 377 g/mol. The fraction of sp³-hybridized carbons (Fsp3) is 0.304. The summed E-state index contributed by atoms with van der Waals surface area (Å²) >= 11 is 0. The van der Waals surface area contributed by atoms with Crippen molar-refractivity contribution >= 4 is 16.8 Å². The maximum absolute atomic E-state index is 12.5. The van der Waals surface area contributed by atoms with Crippen LogP contribution in [0.2, 0.25) is 0 Å². The molecule has 0 aliphatic rings. The fourth-order valence-corrected chi connectivity index (χ4v) is 2.98. The largest absolute Gasteiger partial charge is 0.493 e. The van der Waals surface area contributed by atoms with Crippen LogP contribution in [0.4, 0.5) is 0 Å². The van der Waals surface area contributed by atoms with Crippen LogP contribution in [0.1, 0.15) is 22.8 Å². The van der Waals surface area contributed by atoms with Crippen molar-refractivity contribution in [3.63, 3.8) is 0 Å². The van der Waals surface area contributed by atoms with E-state index < -0.39 is 0 Å². The molecular formula is C23H27N3O2. The molecule has 1 aromatic heterocycles. The quantitative estimate of drug-likeness (QED) is 0.678. The highest BCUT2D eigenvalue weighted by Gasteiger charge is 2.12. The highest BCUT2D eigenvalue weighted by Crippen LogP contribution is 2.31. The number of pyridine rings is 1. The van der Waals surface area contributed by atoms with Crippen LogP contribution < -0.4 is 10.1 Å². The SMILES string of the molecule is CCOc1cc(-c2ccc(C)cc2)nc2ccc(C(=O)NCCN(C)C)cc12. The number of nitrogens with one attached hydrogen (secondary N) is 1. The summed E-state index contributed by atoms with van der Waals surface area (Å²) in [6.45, 7) is 5.97. The van der Waals surface area contributed by atoms with Gasteiger partial charge in [0.15, 0.2) is 0 Å². The number of nitrogens with zero attached hydrogens (tertiary/aromatic N) is 2. The zero-order chi connectivity index (χ0) is 20.1. The summed E-state index contributed by atoms with van der Waals surface area (Å²) in [4.78, 5) is 19.3. The van der Waals surface area contributed by atoms with Crippen LogP contribution in [0.5, 0.6) is 5.75 Å². The van der Waals surface area contributed by atoms with Crippen molar-refractivity contribution in [1.82, 2.24) is 15.2 Å². The third-order valence-electron chi connectivity index (χ3n) is 4.52. The zero-order valence-corrected chi connectivity index (χ0v) is 17.0. The van der Waals surface area contributed by atoms with Crippen LogP contribution in [0, 0.1) is 6.92 Å². The summed E-state index contributed by atoms with van der Waals surface area (Å²) < 4.78 is 5.87. The van der Waals surface area contributed by atoms with Gasteiger partial charge in [0.1, 0.15) is 5.75 Å². The van der Waals surface area contributed by atoms with E-state index in [1.165, 1.54) is 5.56 Å². The van der Waals surface area contributed by atoms with E-state index in [0.29, 0.717) is 18.7 Å². The van der Waals surface area contributed by atoms with E-state index in [1.54, 1.807) is 0 Å². The Labute approximate surface area is 166 Å². The molecule has 5 nitrogen and oxygen atoms in total. The van der Waals surface area contributed by atoms with E-state index in [2.05, 4.69) is 36.5 Å². The number of hydrogen-bond acceptors (Lipinski definition) is 4. The Bertz CT molecular complexity index is 965. The molecule has 0 bridgehead atoms. The molecular weight excluding hydrogens is 350 g/mol. The van der Waals surface area contributed by atoms with Crippen LogP contribution in [-0.2, 0) is 0 Å². The Hall–Kier alpha value is -2.92. The normalized spacial score (nSPS) is 11.0. The van der Waals surface area contributed by atoms with E-state index in [4.69, 9.17) is 9.72 Å². The van der Waals surface area contributed by atoms with E-state index in [0.717, 1.165) is 34.5 Å². The molecule has 146 valence electrons. The zero-order valence-electron chi connectivity index (χ0n) is 17.0. The molecule has 0 fully saturated rings. The molecule has 28 heavy (non-hydrogen) atoms. The number of carbonyl (C=O) groups is 1. The Morgan fingerprint density at radius 2 is 1.86 bits per heavy atom. The first-order valence-corrected chi connectivity index (χ1v) is 9.55. The third-order valence-corrected chi connectivity index (χ3v) is 4.52. The van der Waals surface area contributed by atoms with Crippen molar-refractivity contribution in [2.24, 2.45) is 0 Å². The number of ether oxygens (including phenoxy) is 1. The number of fused-ring (bicyclic) bond motifs is 1. The first-order valence-electron chi connectivity index (χ1n) is 9.55. The topological polar surface area (TPSA) is 54.5 Å². The number of aromatic nitrogens is 1. The smallest absolute Gasteiger partial charge is 0.251 e. The number of carbonyl (C=O) groups excluding carboxylic acids is 1. The Kier molecular flexibility index (Phi) is 6.26. The van der Waals surface area contributed by atoms with Crippen LogP contribution in [0.15, 0.2) is 48.5 Å². The molecule has 5 heteroatoms. The van der Waals surface area contributed by atoms with E-state index >= 15 is 0 Å². The van der Waals surface area contributed by atoms with E-state index in [9.17, 15) is 4.79 Å². The highest BCUT2D eigenvalue weighted by atomic mass is 16.5. The maximum atomic E-state index is 12.5. The van der Waals surface area contributed by atoms with Crippen molar-refractivity contribution in [2.75, 3.05) is 33.8 Å². The lowest BCUT2D eigenvalue weighted by Gasteiger charge is -2.13. The summed E-state index contributed by atoms with van der Waals surface area (Å²) in [7, 11) is 3.96. The molecule has 0 saturated carbocycles. The minimum atomic E-state index is -0.0891. The second kappa shape index (κ2) is 8.85. The van der Waals surface area contributed by atoms with Gasteiger partial charge in [-0.2, -0.15) is 0 Å². The number of benzene rings is 2. The molecule has 0 unspecified atom stereocenters. The standard InChI is InChI=1S/C23H27N3O2/c1-5-28-22-15-21(17-8-6-16(2)7-9-17)25-20-11-10-18(14-19(20)22)23(27)24-12-13-26(3)4/h6-11,14-15H,5,12-13H2,1-4H3,(H,24,27). The van der Waals surface area contributed by atoms with Gasteiger partial charge in [0, 0.05) is 35.7 Å². The Morgan fingerprint density at radius 3 is 2.54 bits per heavy atom. The predicted octanol–water partition coefficient (Wildman–Crippen LogP) is 3.90. The molecule has 1 amide bonds. The number of rotatable bonds is 7. The molecule has 1 heterocycles. The summed E-state index contributed by atoms with van der Waals surface area (Å²) in [6, 6.07) is 15.8. The van der Waals surface area contributed by atoms with Gasteiger partial charge < -0.3 is 15.0 Å². The number of likely N-dealkylation sites (N-methyl/N-ethyl adjacent to an activating group) is 1. The molecule has 1 N–H and O–H groups in total. The Morgan fingerprint density at radius 1 is 1.11 bits per heavy atom. The number of hydrogen-bond donors (Lipinski definition) is 1. The van der Waals surface area contributed by atoms with Crippen LogP contribution in [-0.4, -0.2) is 49.6 Å². The van der Waals surface area contributed by atoms with Gasteiger partial charge >= 0.3 is 0 Å². The second-order valence-electron chi connectivity index (χ2n) is 7.10. The summed E-state index contributed by atoms with van der Waals surface area (Å²) in [6.07, 6.45) is 0.